The summed E-state index contributed by atoms with van der Waals surface area (Å²) in [5.74, 6) is 0.306. The molecule has 1 unspecified atom stereocenters. The predicted molar refractivity (Wildman–Crippen MR) is 59.0 cm³/mol. The van der Waals surface area contributed by atoms with Crippen molar-refractivity contribution in [3.63, 3.8) is 0 Å². The zero-order chi connectivity index (χ0) is 14.6. The van der Waals surface area contributed by atoms with E-state index in [0.717, 1.165) is 0 Å². The first-order valence-corrected chi connectivity index (χ1v) is 5.32. The summed E-state index contributed by atoms with van der Waals surface area (Å²) in [6.45, 7) is 1.56. The number of rotatable bonds is 4. The minimum absolute atomic E-state index is 0.00962. The van der Waals surface area contributed by atoms with Crippen LogP contribution in [0, 0.1) is 40.9 Å². The molecule has 1 atom stereocenters. The van der Waals surface area contributed by atoms with Crippen molar-refractivity contribution in [1.82, 2.24) is 5.43 Å². The third-order valence-electron chi connectivity index (χ3n) is 2.53. The first-order chi connectivity index (χ1) is 8.95. The van der Waals surface area contributed by atoms with Crippen LogP contribution in [0.25, 0.3) is 0 Å². The highest BCUT2D eigenvalue weighted by Crippen LogP contribution is 2.29. The van der Waals surface area contributed by atoms with Crippen LogP contribution in [0.15, 0.2) is 0 Å². The highest BCUT2D eigenvalue weighted by atomic mass is 19.2. The molecule has 7 heteroatoms. The summed E-state index contributed by atoms with van der Waals surface area (Å²) in [7, 11) is 0. The van der Waals surface area contributed by atoms with E-state index in [9.17, 15) is 22.0 Å². The molecule has 1 rings (SSSR count). The Bertz CT molecular complexity index is 504. The Hall–Kier alpha value is -1.65. The van der Waals surface area contributed by atoms with E-state index in [1.54, 1.807) is 6.92 Å². The van der Waals surface area contributed by atoms with Gasteiger partial charge in [-0.25, -0.2) is 22.0 Å². The van der Waals surface area contributed by atoms with Crippen LogP contribution in [0.3, 0.4) is 0 Å². The fraction of sp³-hybridized carbons (Fsp3) is 0.333. The van der Waals surface area contributed by atoms with Crippen LogP contribution in [-0.2, 0) is 0 Å². The van der Waals surface area contributed by atoms with E-state index < -0.39 is 40.7 Å². The number of hydrogen-bond donors (Lipinski definition) is 2. The normalized spacial score (nSPS) is 11.9. The zero-order valence-corrected chi connectivity index (χ0v) is 9.96. The number of nitrogens with two attached hydrogens (primary N) is 1. The highest BCUT2D eigenvalue weighted by molar-refractivity contribution is 5.27. The van der Waals surface area contributed by atoms with Gasteiger partial charge in [-0.1, -0.05) is 0 Å². The largest absolute Gasteiger partial charge is 0.271 e. The Morgan fingerprint density at radius 3 is 1.89 bits per heavy atom. The Morgan fingerprint density at radius 1 is 1.00 bits per heavy atom. The first-order valence-electron chi connectivity index (χ1n) is 5.32. The molecule has 0 amide bonds. The number of hydrogen-bond acceptors (Lipinski definition) is 2. The quantitative estimate of drug-likeness (QED) is 0.222. The fourth-order valence-corrected chi connectivity index (χ4v) is 1.58. The summed E-state index contributed by atoms with van der Waals surface area (Å²) >= 11 is 0. The fourth-order valence-electron chi connectivity index (χ4n) is 1.58. The lowest BCUT2D eigenvalue weighted by Gasteiger charge is -2.17. The molecule has 0 bridgehead atoms. The SMILES string of the molecule is CC#CCCC(NN)c1c(F)c(F)c(F)c(F)c1F. The van der Waals surface area contributed by atoms with Gasteiger partial charge in [-0.3, -0.25) is 11.3 Å². The third-order valence-corrected chi connectivity index (χ3v) is 2.53. The van der Waals surface area contributed by atoms with Crippen molar-refractivity contribution in [2.24, 2.45) is 5.84 Å². The lowest BCUT2D eigenvalue weighted by Crippen LogP contribution is -2.30. The maximum absolute atomic E-state index is 13.5. The molecule has 0 aliphatic rings. The lowest BCUT2D eigenvalue weighted by molar-refractivity contribution is 0.353. The average Bonchev–Trinajstić information content (AvgIpc) is 2.41. The monoisotopic (exact) mass is 278 g/mol. The summed E-state index contributed by atoms with van der Waals surface area (Å²) in [5, 5.41) is 0. The Labute approximate surface area is 106 Å². The molecule has 0 aliphatic heterocycles. The topological polar surface area (TPSA) is 38.0 Å². The second-order valence-electron chi connectivity index (χ2n) is 3.67. The van der Waals surface area contributed by atoms with Crippen LogP contribution in [0.2, 0.25) is 0 Å². The van der Waals surface area contributed by atoms with E-state index in [0.29, 0.717) is 0 Å². The molecule has 3 N–H and O–H groups in total. The van der Waals surface area contributed by atoms with Gasteiger partial charge in [-0.05, 0) is 13.3 Å². The molecule has 1 aromatic carbocycles. The van der Waals surface area contributed by atoms with E-state index >= 15 is 0 Å². The third kappa shape index (κ3) is 3.03. The van der Waals surface area contributed by atoms with Crippen molar-refractivity contribution in [3.05, 3.63) is 34.6 Å². The number of nitrogens with one attached hydrogen (secondary N) is 1. The summed E-state index contributed by atoms with van der Waals surface area (Å²) < 4.78 is 65.9. The van der Waals surface area contributed by atoms with Crippen LogP contribution in [0.5, 0.6) is 0 Å². The number of benzene rings is 1. The van der Waals surface area contributed by atoms with Gasteiger partial charge in [0.05, 0.1) is 6.04 Å². The minimum atomic E-state index is -2.19. The van der Waals surface area contributed by atoms with Crippen LogP contribution in [0.1, 0.15) is 31.4 Å². The van der Waals surface area contributed by atoms with Gasteiger partial charge in [-0.2, -0.15) is 0 Å². The molecule has 1 aromatic rings. The van der Waals surface area contributed by atoms with Crippen molar-refractivity contribution in [2.75, 3.05) is 0 Å². The molecule has 0 aliphatic carbocycles. The maximum Gasteiger partial charge on any atom is 0.200 e. The second kappa shape index (κ2) is 6.50. The van der Waals surface area contributed by atoms with Crippen LogP contribution >= 0.6 is 0 Å². The molecule has 0 spiro atoms. The van der Waals surface area contributed by atoms with Crippen molar-refractivity contribution in [2.45, 2.75) is 25.8 Å². The second-order valence-corrected chi connectivity index (χ2v) is 3.67. The highest BCUT2D eigenvalue weighted by Gasteiger charge is 2.29. The number of halogens is 5. The average molecular weight is 278 g/mol. The first kappa shape index (κ1) is 15.4. The molecule has 0 aromatic heterocycles. The van der Waals surface area contributed by atoms with Crippen molar-refractivity contribution >= 4 is 0 Å². The molecule has 0 saturated heterocycles. The minimum Gasteiger partial charge on any atom is -0.271 e. The van der Waals surface area contributed by atoms with Crippen LogP contribution in [-0.4, -0.2) is 0 Å². The van der Waals surface area contributed by atoms with E-state index in [1.807, 2.05) is 5.43 Å². The zero-order valence-electron chi connectivity index (χ0n) is 9.96. The van der Waals surface area contributed by atoms with Crippen LogP contribution < -0.4 is 11.3 Å². The standard InChI is InChI=1S/C12H11F5N2/c1-2-3-4-5-6(19-18)7-8(13)10(15)12(17)11(16)9(7)14/h6,19H,4-5,18H2,1H3. The van der Waals surface area contributed by atoms with Gasteiger partial charge in [-0.15, -0.1) is 11.8 Å². The molecule has 2 nitrogen and oxygen atoms in total. The Morgan fingerprint density at radius 2 is 1.47 bits per heavy atom. The molecule has 19 heavy (non-hydrogen) atoms. The van der Waals surface area contributed by atoms with Gasteiger partial charge in [0.25, 0.3) is 0 Å². The molecular weight excluding hydrogens is 267 g/mol. The van der Waals surface area contributed by atoms with Gasteiger partial charge in [0, 0.05) is 12.0 Å². The van der Waals surface area contributed by atoms with Crippen molar-refractivity contribution in [3.8, 4) is 11.8 Å². The van der Waals surface area contributed by atoms with E-state index in [1.165, 1.54) is 0 Å². The van der Waals surface area contributed by atoms with E-state index in [4.69, 9.17) is 5.84 Å². The lowest BCUT2D eigenvalue weighted by atomic mass is 10.0. The van der Waals surface area contributed by atoms with Crippen LogP contribution in [0.4, 0.5) is 22.0 Å². The Kier molecular flexibility index (Phi) is 5.27. The van der Waals surface area contributed by atoms with Gasteiger partial charge in [0.1, 0.15) is 0 Å². The van der Waals surface area contributed by atoms with Crippen molar-refractivity contribution in [1.29, 1.82) is 0 Å². The molecular formula is C12H11F5N2. The van der Waals surface area contributed by atoms with Crippen molar-refractivity contribution < 1.29 is 22.0 Å². The summed E-state index contributed by atoms with van der Waals surface area (Å²) in [5.41, 5.74) is 1.05. The van der Waals surface area contributed by atoms with E-state index in [2.05, 4.69) is 11.8 Å². The molecule has 0 heterocycles. The Balaban J connectivity index is 3.26. The number of hydrazine groups is 1. The van der Waals surface area contributed by atoms with Gasteiger partial charge in [0.15, 0.2) is 23.3 Å². The summed E-state index contributed by atoms with van der Waals surface area (Å²) in [6, 6.07) is -1.22. The molecule has 0 radical (unpaired) electrons. The van der Waals surface area contributed by atoms with Gasteiger partial charge >= 0.3 is 0 Å². The summed E-state index contributed by atoms with van der Waals surface area (Å²) in [4.78, 5) is 0. The van der Waals surface area contributed by atoms with E-state index in [-0.39, 0.29) is 12.8 Å². The summed E-state index contributed by atoms with van der Waals surface area (Å²) in [6.07, 6.45) is 0.209. The molecule has 0 saturated carbocycles. The molecule has 104 valence electrons. The maximum atomic E-state index is 13.5. The predicted octanol–water partition coefficient (Wildman–Crippen LogP) is 2.69. The van der Waals surface area contributed by atoms with Gasteiger partial charge in [0.2, 0.25) is 5.82 Å². The molecule has 0 fully saturated rings. The van der Waals surface area contributed by atoms with Gasteiger partial charge < -0.3 is 0 Å². The smallest absolute Gasteiger partial charge is 0.200 e.